The van der Waals surface area contributed by atoms with Crippen LogP contribution in [-0.4, -0.2) is 31.6 Å². The molecule has 1 heterocycles. The van der Waals surface area contributed by atoms with Gasteiger partial charge in [0.25, 0.3) is 15.9 Å². The first kappa shape index (κ1) is 27.0. The van der Waals surface area contributed by atoms with Crippen molar-refractivity contribution >= 4 is 55.0 Å². The zero-order valence-electron chi connectivity index (χ0n) is 16.9. The molecule has 0 atom stereocenters. The molecule has 0 unspecified atom stereocenters. The fourth-order valence-corrected chi connectivity index (χ4v) is 3.92. The average Bonchev–Trinajstić information content (AvgIpc) is 2.72. The molecule has 2 aromatic rings. The van der Waals surface area contributed by atoms with Gasteiger partial charge in [0.2, 0.25) is 5.82 Å². The van der Waals surface area contributed by atoms with E-state index in [1.54, 1.807) is 12.2 Å². The fourth-order valence-electron chi connectivity index (χ4n) is 1.88. The van der Waals surface area contributed by atoms with E-state index < -0.39 is 10.0 Å². The quantitative estimate of drug-likeness (QED) is 0.233. The molecule has 0 aliphatic carbocycles. The van der Waals surface area contributed by atoms with E-state index >= 15 is 0 Å². The van der Waals surface area contributed by atoms with E-state index in [-0.39, 0.29) is 39.9 Å². The zero-order valence-corrected chi connectivity index (χ0v) is 20.8. The highest BCUT2D eigenvalue weighted by atomic mass is 79.9. The molecule has 0 aliphatic heterocycles. The minimum Gasteiger partial charge on any atom is -0.498 e. The molecule has 31 heavy (non-hydrogen) atoms. The molecule has 2 rings (SSSR count). The van der Waals surface area contributed by atoms with Gasteiger partial charge in [-0.25, -0.2) is 18.4 Å². The molecule has 0 aliphatic rings. The van der Waals surface area contributed by atoms with E-state index in [4.69, 9.17) is 32.7 Å². The second-order valence-electron chi connectivity index (χ2n) is 5.45. The highest BCUT2D eigenvalue weighted by molar-refractivity contribution is 9.10. The Morgan fingerprint density at radius 1 is 1.23 bits per heavy atom. The van der Waals surface area contributed by atoms with Gasteiger partial charge in [-0.15, -0.1) is 0 Å². The molecule has 0 saturated carbocycles. The van der Waals surface area contributed by atoms with Crippen LogP contribution in [0.3, 0.4) is 0 Å². The summed E-state index contributed by atoms with van der Waals surface area (Å²) in [5, 5.41) is 0.0305. The van der Waals surface area contributed by atoms with Crippen LogP contribution in [0.15, 0.2) is 71.0 Å². The summed E-state index contributed by atoms with van der Waals surface area (Å²) >= 11 is 15.0. The van der Waals surface area contributed by atoms with E-state index in [9.17, 15) is 8.42 Å². The summed E-state index contributed by atoms with van der Waals surface area (Å²) in [5.41, 5.74) is 0. The molecule has 0 spiro atoms. The number of hydrogen-bond acceptors (Lipinski definition) is 6. The van der Waals surface area contributed by atoms with E-state index in [0.717, 1.165) is 0 Å². The lowest BCUT2D eigenvalue weighted by Crippen LogP contribution is -2.17. The molecule has 0 bridgehead atoms. The molecule has 1 N–H and O–H groups in total. The lowest BCUT2D eigenvalue weighted by molar-refractivity contribution is 0.175. The first-order valence-corrected chi connectivity index (χ1v) is 11.9. The van der Waals surface area contributed by atoms with E-state index in [2.05, 4.69) is 37.2 Å². The maximum absolute atomic E-state index is 12.6. The Morgan fingerprint density at radius 3 is 2.58 bits per heavy atom. The lowest BCUT2D eigenvalue weighted by Gasteiger charge is -2.13. The van der Waals surface area contributed by atoms with Gasteiger partial charge in [0.1, 0.15) is 22.7 Å². The van der Waals surface area contributed by atoms with Crippen LogP contribution in [0.4, 0.5) is 5.82 Å². The van der Waals surface area contributed by atoms with Crippen LogP contribution in [0, 0.1) is 0 Å². The third kappa shape index (κ3) is 9.30. The number of sulfonamides is 1. The molecule has 7 nitrogen and oxygen atoms in total. The van der Waals surface area contributed by atoms with Crippen LogP contribution >= 0.6 is 39.1 Å². The summed E-state index contributed by atoms with van der Waals surface area (Å²) in [6.45, 7) is 7.63. The molecule has 1 aromatic carbocycles. The Kier molecular flexibility index (Phi) is 12.2. The molecule has 11 heteroatoms. The monoisotopic (exact) mass is 549 g/mol. The number of benzene rings is 1. The summed E-state index contributed by atoms with van der Waals surface area (Å²) in [6.07, 6.45) is 10.2. The first-order chi connectivity index (χ1) is 14.8. The predicted octanol–water partition coefficient (Wildman–Crippen LogP) is 6.02. The van der Waals surface area contributed by atoms with Gasteiger partial charge in [-0.2, -0.15) is 0 Å². The number of hydrogen-bond donors (Lipinski definition) is 1. The number of ether oxygens (including phenoxy) is 2. The van der Waals surface area contributed by atoms with Gasteiger partial charge in [-0.05, 0) is 41.9 Å². The van der Waals surface area contributed by atoms with Gasteiger partial charge < -0.3 is 9.47 Å². The Balaban J connectivity index is 0.000000861. The number of rotatable bonds is 9. The molecule has 0 fully saturated rings. The first-order valence-electron chi connectivity index (χ1n) is 8.85. The summed E-state index contributed by atoms with van der Waals surface area (Å²) in [6, 6.07) is 4.29. The number of allylic oxidation sites excluding steroid dienone is 4. The lowest BCUT2D eigenvalue weighted by atomic mass is 10.4. The number of anilines is 1. The minimum absolute atomic E-state index is 0.00909. The van der Waals surface area contributed by atoms with Crippen molar-refractivity contribution in [2.24, 2.45) is 0 Å². The highest BCUT2D eigenvalue weighted by Gasteiger charge is 2.22. The maximum Gasteiger partial charge on any atom is 0.264 e. The summed E-state index contributed by atoms with van der Waals surface area (Å²) in [7, 11) is -4.05. The Labute approximate surface area is 201 Å². The van der Waals surface area contributed by atoms with Crippen molar-refractivity contribution in [1.82, 2.24) is 9.97 Å². The van der Waals surface area contributed by atoms with Crippen molar-refractivity contribution in [1.29, 1.82) is 0 Å². The van der Waals surface area contributed by atoms with E-state index in [1.165, 1.54) is 30.7 Å². The molecule has 168 valence electrons. The number of nitrogens with one attached hydrogen (secondary N) is 1. The van der Waals surface area contributed by atoms with Crippen molar-refractivity contribution in [3.63, 3.8) is 0 Å². The summed E-state index contributed by atoms with van der Waals surface area (Å²) in [4.78, 5) is 7.90. The number of nitrogens with zero attached hydrogens (tertiary/aromatic N) is 2. The highest BCUT2D eigenvalue weighted by Crippen LogP contribution is 2.31. The van der Waals surface area contributed by atoms with Gasteiger partial charge in [0, 0.05) is 0 Å². The van der Waals surface area contributed by atoms with E-state index in [0.29, 0.717) is 4.60 Å². The molecular weight excluding hydrogens is 529 g/mol. The SMILES string of the molecule is C/C=C/OCCOc1nc(Br)cnc1NS(=O)(=O)c1cccc(Cl)c1Cl.C=C/C=C\C. The molecule has 1 aromatic heterocycles. The van der Waals surface area contributed by atoms with Gasteiger partial charge in [0.05, 0.1) is 22.5 Å². The van der Waals surface area contributed by atoms with Crippen molar-refractivity contribution in [2.75, 3.05) is 17.9 Å². The second-order valence-corrected chi connectivity index (χ2v) is 8.70. The minimum atomic E-state index is -4.05. The predicted molar refractivity (Wildman–Crippen MR) is 128 cm³/mol. The van der Waals surface area contributed by atoms with Crippen molar-refractivity contribution in [3.8, 4) is 5.88 Å². The average molecular weight is 551 g/mol. The topological polar surface area (TPSA) is 90.4 Å². The summed E-state index contributed by atoms with van der Waals surface area (Å²) in [5.74, 6) is -0.0968. The second kappa shape index (κ2) is 14.1. The van der Waals surface area contributed by atoms with Crippen molar-refractivity contribution in [3.05, 3.63) is 76.2 Å². The van der Waals surface area contributed by atoms with Crippen LogP contribution in [0.5, 0.6) is 5.88 Å². The van der Waals surface area contributed by atoms with Crippen LogP contribution in [0.2, 0.25) is 10.0 Å². The molecule has 0 radical (unpaired) electrons. The van der Waals surface area contributed by atoms with Crippen LogP contribution in [0.25, 0.3) is 0 Å². The largest absolute Gasteiger partial charge is 0.498 e. The number of aromatic nitrogens is 2. The molecular formula is C20H22BrCl2N3O4S. The third-order valence-corrected chi connectivity index (χ3v) is 5.84. The van der Waals surface area contributed by atoms with Gasteiger partial charge >= 0.3 is 0 Å². The Bertz CT molecular complexity index is 1030. The summed E-state index contributed by atoms with van der Waals surface area (Å²) < 4.78 is 38.5. The van der Waals surface area contributed by atoms with E-state index in [1.807, 2.05) is 26.0 Å². The van der Waals surface area contributed by atoms with Crippen molar-refractivity contribution < 1.29 is 17.9 Å². The van der Waals surface area contributed by atoms with Gasteiger partial charge in [0.15, 0.2) is 0 Å². The van der Waals surface area contributed by atoms with Crippen LogP contribution in [-0.2, 0) is 14.8 Å². The standard InChI is InChI=1S/C15H14BrCl2N3O4S.C5H8/c1-2-6-24-7-8-25-15-14(19-9-12(16)20-15)21-26(22,23)11-5-3-4-10(17)13(11)18;1-3-5-4-2/h2-6,9H,7-8H2,1H3,(H,19,21);3-5H,1H2,2H3/b6-2+;5-4-. The maximum atomic E-state index is 12.6. The zero-order chi connectivity index (χ0) is 23.3. The van der Waals surface area contributed by atoms with Crippen LogP contribution < -0.4 is 9.46 Å². The number of halogens is 3. The van der Waals surface area contributed by atoms with Gasteiger partial charge in [-0.1, -0.05) is 60.2 Å². The van der Waals surface area contributed by atoms with Crippen molar-refractivity contribution in [2.45, 2.75) is 18.7 Å². The Morgan fingerprint density at radius 2 is 1.97 bits per heavy atom. The van der Waals surface area contributed by atoms with Gasteiger partial charge in [-0.3, -0.25) is 4.72 Å². The van der Waals surface area contributed by atoms with Crippen LogP contribution in [0.1, 0.15) is 13.8 Å². The third-order valence-electron chi connectivity index (χ3n) is 3.15. The Hall–Kier alpha value is -2.07. The normalized spacial score (nSPS) is 11.1. The molecule has 0 saturated heterocycles. The molecule has 0 amide bonds. The fraction of sp³-hybridized carbons (Fsp3) is 0.200. The smallest absolute Gasteiger partial charge is 0.264 e.